The maximum atomic E-state index is 3.56. The summed E-state index contributed by atoms with van der Waals surface area (Å²) in [5, 5.41) is 0. The lowest BCUT2D eigenvalue weighted by Gasteiger charge is -2.05. The van der Waals surface area contributed by atoms with Crippen LogP contribution in [0, 0.1) is 3.57 Å². The third-order valence-corrected chi connectivity index (χ3v) is 3.98. The topological polar surface area (TPSA) is 0 Å². The predicted molar refractivity (Wildman–Crippen MR) is 68.9 cm³/mol. The zero-order chi connectivity index (χ0) is 8.97. The Morgan fingerprint density at radius 3 is 2.83 bits per heavy atom. The first-order chi connectivity index (χ1) is 5.75. The molecule has 66 valence electrons. The van der Waals surface area contributed by atoms with E-state index in [1.807, 2.05) is 11.8 Å². The van der Waals surface area contributed by atoms with Crippen LogP contribution in [0.4, 0.5) is 0 Å². The van der Waals surface area contributed by atoms with Crippen LogP contribution < -0.4 is 0 Å². The summed E-state index contributed by atoms with van der Waals surface area (Å²) in [7, 11) is 0. The zero-order valence-electron chi connectivity index (χ0n) is 6.81. The minimum Gasteiger partial charge on any atom is -0.165 e. The van der Waals surface area contributed by atoms with Gasteiger partial charge < -0.3 is 0 Å². The van der Waals surface area contributed by atoms with Gasteiger partial charge in [-0.15, -0.1) is 0 Å². The lowest BCUT2D eigenvalue weighted by atomic mass is 10.2. The summed E-state index contributed by atoms with van der Waals surface area (Å²) in [6, 6.07) is 6.34. The minimum absolute atomic E-state index is 1.15. The Hall–Kier alpha value is 0.780. The van der Waals surface area contributed by atoms with Gasteiger partial charge in [-0.1, -0.05) is 22.0 Å². The molecule has 0 amide bonds. The van der Waals surface area contributed by atoms with Gasteiger partial charge in [-0.25, -0.2) is 0 Å². The second-order valence-electron chi connectivity index (χ2n) is 2.44. The van der Waals surface area contributed by atoms with Crippen molar-refractivity contribution in [3.8, 4) is 0 Å². The normalized spacial score (nSPS) is 10.2. The van der Waals surface area contributed by atoms with Crippen molar-refractivity contribution in [2.24, 2.45) is 0 Å². The number of hydrogen-bond acceptors (Lipinski definition) is 1. The molecule has 3 heteroatoms. The van der Waals surface area contributed by atoms with Gasteiger partial charge in [-0.3, -0.25) is 0 Å². The van der Waals surface area contributed by atoms with E-state index in [9.17, 15) is 0 Å². The second kappa shape index (κ2) is 5.50. The van der Waals surface area contributed by atoms with Crippen LogP contribution in [0.5, 0.6) is 0 Å². The number of halogens is 2. The van der Waals surface area contributed by atoms with Gasteiger partial charge in [0.05, 0.1) is 0 Å². The summed E-state index contributed by atoms with van der Waals surface area (Å²) in [5.41, 5.74) is 1.44. The van der Waals surface area contributed by atoms with E-state index in [4.69, 9.17) is 0 Å². The Balaban J connectivity index is 2.81. The Morgan fingerprint density at radius 2 is 2.25 bits per heavy atom. The maximum absolute atomic E-state index is 3.56. The van der Waals surface area contributed by atoms with Gasteiger partial charge in [0.25, 0.3) is 0 Å². The fraction of sp³-hybridized carbons (Fsp3) is 0.333. The first-order valence-corrected chi connectivity index (χ1v) is 6.94. The van der Waals surface area contributed by atoms with Crippen LogP contribution in [0.3, 0.4) is 0 Å². The van der Waals surface area contributed by atoms with Crippen molar-refractivity contribution in [1.82, 2.24) is 0 Å². The standard InChI is InChI=1S/C9H10BrIS/c1-12-6-5-7-8(10)3-2-4-9(7)11/h2-4H,5-6H2,1H3. The van der Waals surface area contributed by atoms with E-state index in [0.29, 0.717) is 0 Å². The highest BCUT2D eigenvalue weighted by Gasteiger charge is 2.02. The van der Waals surface area contributed by atoms with Gasteiger partial charge in [0.1, 0.15) is 0 Å². The minimum atomic E-state index is 1.15. The Kier molecular flexibility index (Phi) is 4.97. The van der Waals surface area contributed by atoms with Crippen LogP contribution in [0.1, 0.15) is 5.56 Å². The molecule has 0 fully saturated rings. The third kappa shape index (κ3) is 2.92. The molecule has 0 saturated heterocycles. The van der Waals surface area contributed by atoms with Crippen molar-refractivity contribution < 1.29 is 0 Å². The molecule has 12 heavy (non-hydrogen) atoms. The highest BCUT2D eigenvalue weighted by Crippen LogP contribution is 2.23. The molecule has 0 atom stereocenters. The van der Waals surface area contributed by atoms with Crippen molar-refractivity contribution in [1.29, 1.82) is 0 Å². The van der Waals surface area contributed by atoms with Crippen molar-refractivity contribution >= 4 is 50.3 Å². The van der Waals surface area contributed by atoms with Gasteiger partial charge in [0.15, 0.2) is 0 Å². The number of thioether (sulfide) groups is 1. The molecule has 0 aliphatic rings. The van der Waals surface area contributed by atoms with E-state index in [1.54, 1.807) is 0 Å². The molecule has 1 aromatic carbocycles. The van der Waals surface area contributed by atoms with Gasteiger partial charge in [0, 0.05) is 8.04 Å². The molecule has 0 heterocycles. The van der Waals surface area contributed by atoms with Crippen LogP contribution in [-0.4, -0.2) is 12.0 Å². The molecule has 0 aliphatic heterocycles. The van der Waals surface area contributed by atoms with E-state index in [2.05, 4.69) is 63.0 Å². The van der Waals surface area contributed by atoms with Crippen LogP contribution >= 0.6 is 50.3 Å². The lowest BCUT2D eigenvalue weighted by Crippen LogP contribution is -1.92. The molecule has 0 aliphatic carbocycles. The van der Waals surface area contributed by atoms with Crippen LogP contribution in [0.2, 0.25) is 0 Å². The van der Waals surface area contributed by atoms with Crippen molar-refractivity contribution in [3.05, 3.63) is 31.8 Å². The SMILES string of the molecule is CSCCc1c(Br)cccc1I. The summed E-state index contributed by atoms with van der Waals surface area (Å²) in [4.78, 5) is 0. The average molecular weight is 357 g/mol. The molecule has 0 saturated carbocycles. The van der Waals surface area contributed by atoms with E-state index in [-0.39, 0.29) is 0 Å². The van der Waals surface area contributed by atoms with E-state index < -0.39 is 0 Å². The first kappa shape index (κ1) is 10.9. The Bertz CT molecular complexity index is 242. The maximum Gasteiger partial charge on any atom is 0.0218 e. The van der Waals surface area contributed by atoms with Gasteiger partial charge in [-0.2, -0.15) is 11.8 Å². The van der Waals surface area contributed by atoms with Gasteiger partial charge in [-0.05, 0) is 58.7 Å². The van der Waals surface area contributed by atoms with Crippen LogP contribution in [0.25, 0.3) is 0 Å². The molecule has 1 rings (SSSR count). The molecule has 0 N–H and O–H groups in total. The van der Waals surface area contributed by atoms with Gasteiger partial charge in [0.2, 0.25) is 0 Å². The summed E-state index contributed by atoms with van der Waals surface area (Å²) >= 11 is 7.84. The summed E-state index contributed by atoms with van der Waals surface area (Å²) in [6.45, 7) is 0. The smallest absolute Gasteiger partial charge is 0.0218 e. The molecular weight excluding hydrogens is 347 g/mol. The molecule has 0 aromatic heterocycles. The lowest BCUT2D eigenvalue weighted by molar-refractivity contribution is 1.13. The summed E-state index contributed by atoms with van der Waals surface area (Å²) in [6.07, 6.45) is 3.30. The van der Waals surface area contributed by atoms with Crippen molar-refractivity contribution in [2.45, 2.75) is 6.42 Å². The molecule has 0 radical (unpaired) electrons. The first-order valence-electron chi connectivity index (χ1n) is 3.67. The fourth-order valence-electron chi connectivity index (χ4n) is 0.975. The average Bonchev–Trinajstić information content (AvgIpc) is 2.04. The molecule has 0 unspecified atom stereocenters. The monoisotopic (exact) mass is 356 g/mol. The Morgan fingerprint density at radius 1 is 1.50 bits per heavy atom. The number of rotatable bonds is 3. The zero-order valence-corrected chi connectivity index (χ0v) is 11.4. The second-order valence-corrected chi connectivity index (χ2v) is 5.45. The summed E-state index contributed by atoms with van der Waals surface area (Å²) in [5.74, 6) is 1.19. The molecule has 1 aromatic rings. The van der Waals surface area contributed by atoms with Gasteiger partial charge >= 0.3 is 0 Å². The van der Waals surface area contributed by atoms with Crippen molar-refractivity contribution in [3.63, 3.8) is 0 Å². The predicted octanol–water partition coefficient (Wildman–Crippen LogP) is 3.96. The molecule has 0 nitrogen and oxygen atoms in total. The number of benzene rings is 1. The molecule has 0 bridgehead atoms. The fourth-order valence-corrected chi connectivity index (χ4v) is 3.09. The van der Waals surface area contributed by atoms with E-state index in [0.717, 1.165) is 6.42 Å². The third-order valence-electron chi connectivity index (χ3n) is 1.62. The van der Waals surface area contributed by atoms with E-state index >= 15 is 0 Å². The Labute approximate surface area is 99.8 Å². The highest BCUT2D eigenvalue weighted by molar-refractivity contribution is 14.1. The molecular formula is C9H10BrIS. The van der Waals surface area contributed by atoms with E-state index in [1.165, 1.54) is 19.4 Å². The van der Waals surface area contributed by atoms with Crippen LogP contribution in [-0.2, 0) is 6.42 Å². The summed E-state index contributed by atoms with van der Waals surface area (Å²) < 4.78 is 2.60. The molecule has 0 spiro atoms. The quantitative estimate of drug-likeness (QED) is 0.739. The largest absolute Gasteiger partial charge is 0.165 e. The number of hydrogen-bond donors (Lipinski definition) is 0. The van der Waals surface area contributed by atoms with Crippen LogP contribution in [0.15, 0.2) is 22.7 Å². The highest BCUT2D eigenvalue weighted by atomic mass is 127. The van der Waals surface area contributed by atoms with Crippen molar-refractivity contribution in [2.75, 3.05) is 12.0 Å².